The van der Waals surface area contributed by atoms with E-state index in [1.807, 2.05) is 6.92 Å². The molecule has 26 heavy (non-hydrogen) atoms. The van der Waals surface area contributed by atoms with E-state index in [0.29, 0.717) is 23.9 Å². The van der Waals surface area contributed by atoms with Crippen LogP contribution in [0.4, 0.5) is 0 Å². The molecule has 0 bridgehead atoms. The largest absolute Gasteiger partial charge is 0.357 e. The summed E-state index contributed by atoms with van der Waals surface area (Å²) in [5, 5.41) is 9.46. The number of halogens is 1. The molecule has 0 saturated heterocycles. The number of aliphatic imine (C=N–C) groups is 1. The Morgan fingerprint density at radius 1 is 1.23 bits per heavy atom. The topological polar surface area (TPSA) is 78.4 Å². The van der Waals surface area contributed by atoms with Crippen LogP contribution in [0, 0.1) is 12.8 Å². The Labute approximate surface area is 179 Å². The lowest BCUT2D eigenvalue weighted by Crippen LogP contribution is -2.41. The van der Waals surface area contributed by atoms with Gasteiger partial charge in [-0.3, -0.25) is 9.79 Å². The molecule has 1 aromatic heterocycles. The Bertz CT molecular complexity index is 535. The van der Waals surface area contributed by atoms with Gasteiger partial charge < -0.3 is 16.0 Å². The highest BCUT2D eigenvalue weighted by atomic mass is 127. The maximum atomic E-state index is 12.0. The van der Waals surface area contributed by atoms with Crippen LogP contribution in [0.1, 0.15) is 61.8 Å². The molecule has 1 unspecified atom stereocenters. The first-order valence-corrected chi connectivity index (χ1v) is 10.2. The van der Waals surface area contributed by atoms with Crippen LogP contribution in [-0.2, 0) is 0 Å². The molecule has 1 atom stereocenters. The van der Waals surface area contributed by atoms with E-state index in [0.717, 1.165) is 31.2 Å². The smallest absolute Gasteiger partial charge is 0.263 e. The van der Waals surface area contributed by atoms with Gasteiger partial charge in [0.05, 0.1) is 11.2 Å². The van der Waals surface area contributed by atoms with Crippen LogP contribution >= 0.6 is 35.3 Å². The van der Waals surface area contributed by atoms with E-state index < -0.39 is 0 Å². The number of rotatable bonds is 11. The van der Waals surface area contributed by atoms with Crippen LogP contribution in [0.3, 0.4) is 0 Å². The van der Waals surface area contributed by atoms with Crippen LogP contribution < -0.4 is 16.0 Å². The van der Waals surface area contributed by atoms with Crippen molar-refractivity contribution in [1.29, 1.82) is 0 Å². The number of aryl methyl sites for hydroxylation is 1. The number of thiazole rings is 1. The van der Waals surface area contributed by atoms with Crippen molar-refractivity contribution >= 4 is 47.2 Å². The Morgan fingerprint density at radius 3 is 2.54 bits per heavy atom. The molecule has 1 rings (SSSR count). The average molecular weight is 495 g/mol. The van der Waals surface area contributed by atoms with E-state index in [1.54, 1.807) is 5.51 Å². The number of guanidine groups is 1. The number of hydrogen-bond donors (Lipinski definition) is 3. The molecule has 1 amide bonds. The van der Waals surface area contributed by atoms with Crippen LogP contribution in [0.25, 0.3) is 0 Å². The van der Waals surface area contributed by atoms with E-state index in [2.05, 4.69) is 41.7 Å². The molecule has 6 nitrogen and oxygen atoms in total. The minimum Gasteiger partial charge on any atom is -0.357 e. The minimum absolute atomic E-state index is 0. The molecule has 150 valence electrons. The second-order valence-corrected chi connectivity index (χ2v) is 6.94. The van der Waals surface area contributed by atoms with Gasteiger partial charge in [-0.15, -0.1) is 35.3 Å². The molecule has 1 heterocycles. The predicted octanol–water partition coefficient (Wildman–Crippen LogP) is 3.57. The number of nitrogens with one attached hydrogen (secondary N) is 3. The fourth-order valence-electron chi connectivity index (χ4n) is 2.44. The summed E-state index contributed by atoms with van der Waals surface area (Å²) in [5.41, 5.74) is 2.48. The summed E-state index contributed by atoms with van der Waals surface area (Å²) < 4.78 is 0. The summed E-state index contributed by atoms with van der Waals surface area (Å²) in [6.45, 7) is 11.2. The Morgan fingerprint density at radius 2 is 1.96 bits per heavy atom. The zero-order valence-corrected chi connectivity index (χ0v) is 19.6. The highest BCUT2D eigenvalue weighted by Gasteiger charge is 2.10. The van der Waals surface area contributed by atoms with E-state index in [4.69, 9.17) is 4.99 Å². The van der Waals surface area contributed by atoms with Crippen molar-refractivity contribution in [1.82, 2.24) is 20.9 Å². The molecule has 0 aromatic carbocycles. The van der Waals surface area contributed by atoms with E-state index in [1.165, 1.54) is 30.6 Å². The number of aromatic nitrogens is 1. The minimum atomic E-state index is -0.0608. The summed E-state index contributed by atoms with van der Waals surface area (Å²) in [7, 11) is 0. The van der Waals surface area contributed by atoms with Crippen molar-refractivity contribution in [2.24, 2.45) is 10.9 Å². The first-order valence-electron chi connectivity index (χ1n) is 9.32. The van der Waals surface area contributed by atoms with E-state index in [9.17, 15) is 4.79 Å². The van der Waals surface area contributed by atoms with Crippen molar-refractivity contribution in [3.63, 3.8) is 0 Å². The standard InChI is InChI=1S/C18H33N5OS.HI/c1-5-8-9-15(6-2)12-22-18(19-7-3)21-11-10-20-17(24)16-14(4)23-13-25-16;/h13,15H,5-12H2,1-4H3,(H,20,24)(H2,19,21,22);1H. The zero-order valence-electron chi connectivity index (χ0n) is 16.4. The first kappa shape index (κ1) is 25.1. The fourth-order valence-corrected chi connectivity index (χ4v) is 3.16. The second-order valence-electron chi connectivity index (χ2n) is 6.09. The Kier molecular flexibility index (Phi) is 14.7. The Hall–Kier alpha value is -0.900. The number of unbranched alkanes of at least 4 members (excludes halogenated alkanes) is 1. The molecule has 0 saturated carbocycles. The summed E-state index contributed by atoms with van der Waals surface area (Å²) in [5.74, 6) is 1.40. The number of hydrogen-bond acceptors (Lipinski definition) is 4. The molecule has 0 aliphatic rings. The van der Waals surface area contributed by atoms with Gasteiger partial charge in [0.15, 0.2) is 5.96 Å². The normalized spacial score (nSPS) is 12.2. The molecule has 8 heteroatoms. The maximum absolute atomic E-state index is 12.0. The summed E-state index contributed by atoms with van der Waals surface area (Å²) >= 11 is 1.37. The van der Waals surface area contributed by atoms with Gasteiger partial charge in [-0.1, -0.05) is 33.1 Å². The molecule has 0 fully saturated rings. The first-order chi connectivity index (χ1) is 12.1. The predicted molar refractivity (Wildman–Crippen MR) is 122 cm³/mol. The number of amides is 1. The van der Waals surface area contributed by atoms with Gasteiger partial charge in [0.2, 0.25) is 0 Å². The molecule has 0 radical (unpaired) electrons. The summed E-state index contributed by atoms with van der Waals surface area (Å²) in [4.78, 5) is 21.5. The number of carbonyl (C=O) groups excluding carboxylic acids is 1. The van der Waals surface area contributed by atoms with Crippen molar-refractivity contribution in [2.45, 2.75) is 53.4 Å². The van der Waals surface area contributed by atoms with Gasteiger partial charge in [-0.2, -0.15) is 0 Å². The van der Waals surface area contributed by atoms with Gasteiger partial charge in [-0.25, -0.2) is 4.98 Å². The van der Waals surface area contributed by atoms with E-state index in [-0.39, 0.29) is 29.9 Å². The van der Waals surface area contributed by atoms with E-state index >= 15 is 0 Å². The molecule has 0 aliphatic carbocycles. The number of carbonyl (C=O) groups is 1. The lowest BCUT2D eigenvalue weighted by molar-refractivity contribution is 0.0957. The molecular weight excluding hydrogens is 461 g/mol. The van der Waals surface area contributed by atoms with Crippen LogP contribution in [0.15, 0.2) is 10.5 Å². The average Bonchev–Trinajstić information content (AvgIpc) is 3.04. The number of nitrogens with zero attached hydrogens (tertiary/aromatic N) is 2. The quantitative estimate of drug-likeness (QED) is 0.190. The van der Waals surface area contributed by atoms with Crippen molar-refractivity contribution in [3.8, 4) is 0 Å². The SMILES string of the molecule is CCCCC(CC)CN=C(NCC)NCCNC(=O)c1scnc1C.I. The summed E-state index contributed by atoms with van der Waals surface area (Å²) in [6.07, 6.45) is 4.89. The van der Waals surface area contributed by atoms with Gasteiger partial charge in [0, 0.05) is 26.2 Å². The third kappa shape index (κ3) is 9.70. The molecular formula is C18H34IN5OS. The monoisotopic (exact) mass is 495 g/mol. The third-order valence-corrected chi connectivity index (χ3v) is 4.98. The van der Waals surface area contributed by atoms with Crippen LogP contribution in [-0.4, -0.2) is 43.0 Å². The highest BCUT2D eigenvalue weighted by Crippen LogP contribution is 2.12. The van der Waals surface area contributed by atoms with Crippen molar-refractivity contribution < 1.29 is 4.79 Å². The zero-order chi connectivity index (χ0) is 18.5. The molecule has 0 spiro atoms. The van der Waals surface area contributed by atoms with Crippen LogP contribution in [0.2, 0.25) is 0 Å². The van der Waals surface area contributed by atoms with Crippen molar-refractivity contribution in [2.75, 3.05) is 26.2 Å². The third-order valence-electron chi connectivity index (χ3n) is 4.05. The lowest BCUT2D eigenvalue weighted by Gasteiger charge is -2.15. The van der Waals surface area contributed by atoms with Gasteiger partial charge >= 0.3 is 0 Å². The molecule has 0 aliphatic heterocycles. The molecule has 3 N–H and O–H groups in total. The van der Waals surface area contributed by atoms with Crippen molar-refractivity contribution in [3.05, 3.63) is 16.1 Å². The van der Waals surface area contributed by atoms with Crippen LogP contribution in [0.5, 0.6) is 0 Å². The summed E-state index contributed by atoms with van der Waals surface area (Å²) in [6, 6.07) is 0. The van der Waals surface area contributed by atoms with Gasteiger partial charge in [0.1, 0.15) is 4.88 Å². The maximum Gasteiger partial charge on any atom is 0.263 e. The highest BCUT2D eigenvalue weighted by molar-refractivity contribution is 14.0. The lowest BCUT2D eigenvalue weighted by atomic mass is 10.00. The molecule has 1 aromatic rings. The fraction of sp³-hybridized carbons (Fsp3) is 0.722. The Balaban J connectivity index is 0.00000625. The van der Waals surface area contributed by atoms with Gasteiger partial charge in [0.25, 0.3) is 5.91 Å². The van der Waals surface area contributed by atoms with Gasteiger partial charge in [-0.05, 0) is 26.2 Å². The second kappa shape index (κ2) is 15.2.